The molecule has 1 aliphatic rings. The molecular weight excluding hydrogens is 1080 g/mol. The summed E-state index contributed by atoms with van der Waals surface area (Å²) in [6.07, 6.45) is 2.90. The third kappa shape index (κ3) is 9.03. The Bertz CT molecular complexity index is 2700. The fourth-order valence-electron chi connectivity index (χ4n) is 5.02. The fourth-order valence-corrected chi connectivity index (χ4v) is 7.45. The van der Waals surface area contributed by atoms with E-state index in [0.29, 0.717) is 66.6 Å². The predicted molar refractivity (Wildman–Crippen MR) is 225 cm³/mol. The number of carbonyl (C=O) groups is 1. The van der Waals surface area contributed by atoms with E-state index in [2.05, 4.69) is 88.2 Å². The Labute approximate surface area is 356 Å². The summed E-state index contributed by atoms with van der Waals surface area (Å²) >= 11 is 37.0. The van der Waals surface area contributed by atoms with Crippen LogP contribution < -0.4 is 4.52 Å². The molecule has 13 nitrogen and oxygen atoms in total. The highest BCUT2D eigenvalue weighted by atomic mass is 79.9. The standard InChI is InChI=1S/C16H6Br2Cl2N2O2.C8H6BrClNO4P.C8H5BrClNO.O2/c17-7-1-5-11(3-9(7)19)21-13(15(5)23)14-16(24)6-2-8(18)10(20)4-12(6)22-14;9-5-1-4-7(2-6(5)10)11-3-8(4)15-16(12,13)14;9-5-1-4-7(2-6(5)10)11-3-8(4)12;1-2/h1-4,21,23H;1-3,11H,(H2,12,13,14);1-3,11-12H;. The van der Waals surface area contributed by atoms with Gasteiger partial charge in [-0.25, -0.2) is 9.56 Å². The fraction of sp³-hybridized carbons (Fsp3) is 0. The van der Waals surface area contributed by atoms with Crippen LogP contribution >= 0.6 is 118 Å². The van der Waals surface area contributed by atoms with Crippen molar-refractivity contribution in [3.8, 4) is 17.2 Å². The highest BCUT2D eigenvalue weighted by Gasteiger charge is 2.30. The molecule has 280 valence electrons. The molecule has 4 heterocycles. The Balaban J connectivity index is 0.000000162. The van der Waals surface area contributed by atoms with Gasteiger partial charge in [0.1, 0.15) is 17.2 Å². The molecule has 7 N–H and O–H groups in total. The van der Waals surface area contributed by atoms with Gasteiger partial charge in [0.15, 0.2) is 11.5 Å². The molecule has 0 saturated heterocycles. The lowest BCUT2D eigenvalue weighted by atomic mass is 10.1. The number of aromatic nitrogens is 3. The van der Waals surface area contributed by atoms with Crippen LogP contribution in [0.5, 0.6) is 17.2 Å². The second-order valence-electron chi connectivity index (χ2n) is 10.8. The maximum absolute atomic E-state index is 12.7. The number of aliphatic imine (C=N–C) groups is 1. The molecule has 0 aliphatic carbocycles. The maximum atomic E-state index is 12.7. The molecule has 22 heteroatoms. The average molecular weight is 1090 g/mol. The van der Waals surface area contributed by atoms with Gasteiger partial charge in [0.05, 0.1) is 47.9 Å². The summed E-state index contributed by atoms with van der Waals surface area (Å²) in [4.78, 5) is 57.1. The monoisotopic (exact) mass is 1090 g/mol. The van der Waals surface area contributed by atoms with E-state index >= 15 is 0 Å². The average Bonchev–Trinajstić information content (AvgIpc) is 3.84. The number of Topliss-reactive ketones (excluding diaryl/α,β-unsaturated/α-hetero) is 1. The first-order chi connectivity index (χ1) is 25.4. The van der Waals surface area contributed by atoms with Crippen molar-refractivity contribution >= 4 is 168 Å². The first-order valence-corrected chi connectivity index (χ1v) is 20.5. The highest BCUT2D eigenvalue weighted by molar-refractivity contribution is 9.11. The number of phosphoric ester groups is 1. The van der Waals surface area contributed by atoms with E-state index in [1.807, 2.05) is 0 Å². The highest BCUT2D eigenvalue weighted by Crippen LogP contribution is 2.43. The number of hydrogen-bond donors (Lipinski definition) is 7. The van der Waals surface area contributed by atoms with Gasteiger partial charge in [-0.05, 0) is 112 Å². The van der Waals surface area contributed by atoms with Gasteiger partial charge in [-0.3, -0.25) is 14.6 Å². The van der Waals surface area contributed by atoms with E-state index in [-0.39, 0.29) is 34.4 Å². The van der Waals surface area contributed by atoms with Crippen LogP contribution in [0.2, 0.25) is 20.1 Å². The Morgan fingerprint density at radius 3 is 1.74 bits per heavy atom. The van der Waals surface area contributed by atoms with Crippen molar-refractivity contribution in [2.45, 2.75) is 0 Å². The Kier molecular flexibility index (Phi) is 13.3. The first kappa shape index (κ1) is 42.2. The van der Waals surface area contributed by atoms with Gasteiger partial charge in [0, 0.05) is 56.4 Å². The zero-order valence-electron chi connectivity index (χ0n) is 26.0. The van der Waals surface area contributed by atoms with Crippen LogP contribution in [-0.2, 0) is 4.57 Å². The van der Waals surface area contributed by atoms with Crippen LogP contribution in [0.3, 0.4) is 0 Å². The molecule has 0 fully saturated rings. The van der Waals surface area contributed by atoms with Crippen molar-refractivity contribution in [1.82, 2.24) is 15.0 Å². The van der Waals surface area contributed by atoms with Crippen molar-refractivity contribution < 1.29 is 33.9 Å². The lowest BCUT2D eigenvalue weighted by molar-refractivity contribution is 0.106. The van der Waals surface area contributed by atoms with Gasteiger partial charge in [-0.2, -0.15) is 0 Å². The number of phosphoric acid groups is 1. The Morgan fingerprint density at radius 2 is 1.15 bits per heavy atom. The second kappa shape index (κ2) is 17.1. The molecule has 0 amide bonds. The number of halogens is 8. The van der Waals surface area contributed by atoms with Crippen molar-refractivity contribution in [3.63, 3.8) is 0 Å². The topological polar surface area (TPSA) is 218 Å². The SMILES string of the molecule is O=C1C(c2[nH]c3cc(Cl)c(Br)cc3c2O)=Nc2cc(Cl)c(Br)cc21.O=O.O=P(O)(O)Oc1c[nH]c2cc(Cl)c(Br)cc12.Oc1c[nH]c2cc(Cl)c(Br)cc12. The Hall–Kier alpha value is -2.93. The van der Waals surface area contributed by atoms with E-state index in [1.54, 1.807) is 48.5 Å². The number of aromatic hydroxyl groups is 2. The number of ketones is 1. The molecule has 0 bridgehead atoms. The zero-order chi connectivity index (χ0) is 39.8. The minimum Gasteiger partial charge on any atom is -0.506 e. The number of H-pyrrole nitrogens is 3. The number of aromatic amines is 3. The molecule has 8 rings (SSSR count). The lowest BCUT2D eigenvalue weighted by Crippen LogP contribution is -2.11. The molecule has 0 unspecified atom stereocenters. The van der Waals surface area contributed by atoms with E-state index in [9.17, 15) is 19.6 Å². The molecular formula is C32H17Br4Cl4N4O9P. The van der Waals surface area contributed by atoms with Gasteiger partial charge in [0.25, 0.3) is 0 Å². The van der Waals surface area contributed by atoms with Crippen LogP contribution in [-0.4, -0.2) is 46.4 Å². The number of nitrogens with one attached hydrogen (secondary N) is 3. The van der Waals surface area contributed by atoms with Gasteiger partial charge in [-0.1, -0.05) is 46.4 Å². The molecule has 7 aromatic rings. The van der Waals surface area contributed by atoms with Crippen LogP contribution in [0.25, 0.3) is 32.7 Å². The van der Waals surface area contributed by atoms with E-state index in [1.165, 1.54) is 12.4 Å². The predicted octanol–water partition coefficient (Wildman–Crippen LogP) is 12.4. The van der Waals surface area contributed by atoms with Crippen LogP contribution in [0.1, 0.15) is 16.1 Å². The smallest absolute Gasteiger partial charge is 0.506 e. The summed E-state index contributed by atoms with van der Waals surface area (Å²) in [7, 11) is -4.55. The van der Waals surface area contributed by atoms with Gasteiger partial charge in [-0.15, -0.1) is 0 Å². The van der Waals surface area contributed by atoms with E-state index < -0.39 is 7.82 Å². The summed E-state index contributed by atoms with van der Waals surface area (Å²) in [5, 5.41) is 23.8. The molecule has 4 aromatic carbocycles. The molecule has 1 aliphatic heterocycles. The lowest BCUT2D eigenvalue weighted by Gasteiger charge is -2.05. The number of rotatable bonds is 3. The van der Waals surface area contributed by atoms with Crippen LogP contribution in [0, 0.1) is 9.93 Å². The first-order valence-electron chi connectivity index (χ1n) is 14.3. The summed E-state index contributed by atoms with van der Waals surface area (Å²) in [5.41, 5.74) is 3.38. The number of fused-ring (bicyclic) bond motifs is 4. The Morgan fingerprint density at radius 1 is 0.667 bits per heavy atom. The largest absolute Gasteiger partial charge is 0.524 e. The molecule has 0 atom stereocenters. The third-order valence-corrected chi connectivity index (χ3v) is 12.6. The summed E-state index contributed by atoms with van der Waals surface area (Å²) < 4.78 is 17.9. The summed E-state index contributed by atoms with van der Waals surface area (Å²) in [6, 6.07) is 13.4. The van der Waals surface area contributed by atoms with Crippen molar-refractivity contribution in [2.24, 2.45) is 4.99 Å². The molecule has 0 radical (unpaired) electrons. The molecule has 0 saturated carbocycles. The minimum atomic E-state index is -4.55. The number of carbonyl (C=O) groups excluding carboxylic acids is 1. The van der Waals surface area contributed by atoms with Crippen LogP contribution in [0.4, 0.5) is 5.69 Å². The number of benzene rings is 4. The number of hydrogen-bond acceptors (Lipinski definition) is 8. The van der Waals surface area contributed by atoms with Gasteiger partial charge >= 0.3 is 7.82 Å². The normalized spacial score (nSPS) is 12.0. The summed E-state index contributed by atoms with van der Waals surface area (Å²) in [6.45, 7) is 0. The van der Waals surface area contributed by atoms with Crippen molar-refractivity contribution in [1.29, 1.82) is 0 Å². The van der Waals surface area contributed by atoms with Gasteiger partial charge < -0.3 is 29.7 Å². The quantitative estimate of drug-likeness (QED) is 0.0836. The summed E-state index contributed by atoms with van der Waals surface area (Å²) in [5.74, 6) is -0.00936. The molecule has 0 spiro atoms. The molecule has 3 aromatic heterocycles. The van der Waals surface area contributed by atoms with Crippen molar-refractivity contribution in [2.75, 3.05) is 0 Å². The second-order valence-corrected chi connectivity index (χ2v) is 17.0. The third-order valence-electron chi connectivity index (χ3n) is 7.38. The van der Waals surface area contributed by atoms with Crippen LogP contribution in [0.15, 0.2) is 83.8 Å². The maximum Gasteiger partial charge on any atom is 0.524 e. The van der Waals surface area contributed by atoms with E-state index in [0.717, 1.165) is 15.4 Å². The number of nitrogens with zero attached hydrogens (tertiary/aromatic N) is 1. The van der Waals surface area contributed by atoms with Crippen molar-refractivity contribution in [3.05, 3.63) is 120 Å². The van der Waals surface area contributed by atoms with E-state index in [4.69, 9.17) is 66.1 Å². The minimum absolute atomic E-state index is 0.0487. The zero-order valence-corrected chi connectivity index (χ0v) is 36.3. The molecule has 54 heavy (non-hydrogen) atoms. The van der Waals surface area contributed by atoms with Gasteiger partial charge in [0.2, 0.25) is 5.78 Å².